The number of hydrogen-bond donors (Lipinski definition) is 2. The van der Waals surface area contributed by atoms with Crippen LogP contribution >= 0.6 is 0 Å². The second-order valence-electron chi connectivity index (χ2n) is 10.6. The first-order valence-electron chi connectivity index (χ1n) is 12.6. The number of nitrogens with zero attached hydrogens (tertiary/aromatic N) is 4. The molecule has 0 saturated carbocycles. The molecule has 0 aliphatic heterocycles. The largest absolute Gasteiger partial charge is 0.414 e. The van der Waals surface area contributed by atoms with Crippen LogP contribution in [0.5, 0.6) is 0 Å². The van der Waals surface area contributed by atoms with Crippen molar-refractivity contribution in [2.24, 2.45) is 0 Å². The molecule has 3 N–H and O–H groups in total. The smallest absolute Gasteiger partial charge is 0.408 e. The molecule has 2 unspecified atom stereocenters. The van der Waals surface area contributed by atoms with Gasteiger partial charge in [0.05, 0.1) is 37.8 Å². The molecule has 15 heteroatoms. The minimum absolute atomic E-state index is 0.00110. The summed E-state index contributed by atoms with van der Waals surface area (Å²) in [5.41, 5.74) is 7.22. The van der Waals surface area contributed by atoms with Gasteiger partial charge < -0.3 is 10.2 Å². The Kier molecular flexibility index (Phi) is 8.58. The van der Waals surface area contributed by atoms with Crippen LogP contribution in [0.2, 0.25) is 0 Å². The summed E-state index contributed by atoms with van der Waals surface area (Å²) < 4.78 is 85.5. The monoisotopic (exact) mass is 622 g/mol. The molecule has 2 aromatic heterocycles. The topological polar surface area (TPSA) is 154 Å². The summed E-state index contributed by atoms with van der Waals surface area (Å²) in [6.07, 6.45) is -3.27. The molecule has 4 aromatic rings. The van der Waals surface area contributed by atoms with E-state index in [1.807, 2.05) is 0 Å². The minimum atomic E-state index is -4.69. The molecule has 42 heavy (non-hydrogen) atoms. The van der Waals surface area contributed by atoms with E-state index in [4.69, 9.17) is 10.2 Å². The SMILES string of the molecule is CC(C)S(=O)(=O)c1ccc(-c2cnc(N)c(-c3nnc(-c4ccc(C(NS(=O)C(C)(C)C)C(F)(F)F)cc4)o3)n2)cc1. The molecule has 0 bridgehead atoms. The van der Waals surface area contributed by atoms with Gasteiger partial charge in [0, 0.05) is 11.1 Å². The molecule has 0 amide bonds. The van der Waals surface area contributed by atoms with E-state index in [9.17, 15) is 25.8 Å². The predicted molar refractivity (Wildman–Crippen MR) is 153 cm³/mol. The predicted octanol–water partition coefficient (Wildman–Crippen LogP) is 5.28. The average Bonchev–Trinajstić information content (AvgIpc) is 3.41. The van der Waals surface area contributed by atoms with Crippen LogP contribution < -0.4 is 10.5 Å². The van der Waals surface area contributed by atoms with Crippen molar-refractivity contribution in [1.29, 1.82) is 0 Å². The lowest BCUT2D eigenvalue weighted by molar-refractivity contribution is -0.152. The number of sulfone groups is 1. The zero-order chi connectivity index (χ0) is 31.0. The van der Waals surface area contributed by atoms with Crippen LogP contribution in [0, 0.1) is 0 Å². The number of nitrogens with one attached hydrogen (secondary N) is 1. The Morgan fingerprint density at radius 3 is 2.05 bits per heavy atom. The molecule has 0 aliphatic rings. The third-order valence-corrected chi connectivity index (χ3v) is 9.86. The zero-order valence-electron chi connectivity index (χ0n) is 23.3. The molecule has 0 spiro atoms. The summed E-state index contributed by atoms with van der Waals surface area (Å²) in [6, 6.07) is 9.25. The van der Waals surface area contributed by atoms with Crippen molar-refractivity contribution in [3.05, 3.63) is 60.3 Å². The summed E-state index contributed by atoms with van der Waals surface area (Å²) in [7, 11) is -5.41. The lowest BCUT2D eigenvalue weighted by Gasteiger charge is -2.26. The molecule has 2 aromatic carbocycles. The first kappa shape index (κ1) is 31.3. The van der Waals surface area contributed by atoms with Gasteiger partial charge in [-0.2, -0.15) is 13.2 Å². The van der Waals surface area contributed by atoms with E-state index in [1.54, 1.807) is 46.8 Å². The van der Waals surface area contributed by atoms with Gasteiger partial charge in [0.15, 0.2) is 21.3 Å². The van der Waals surface area contributed by atoms with E-state index >= 15 is 0 Å². The summed E-state index contributed by atoms with van der Waals surface area (Å²) in [6.45, 7) is 7.91. The molecular weight excluding hydrogens is 593 g/mol. The molecule has 2 atom stereocenters. The molecule has 0 saturated heterocycles. The van der Waals surface area contributed by atoms with Crippen LogP contribution in [-0.4, -0.2) is 49.0 Å². The van der Waals surface area contributed by atoms with Gasteiger partial charge in [0.25, 0.3) is 5.89 Å². The summed E-state index contributed by atoms with van der Waals surface area (Å²) in [4.78, 5) is 8.78. The van der Waals surface area contributed by atoms with E-state index in [0.29, 0.717) is 16.8 Å². The third kappa shape index (κ3) is 6.68. The van der Waals surface area contributed by atoms with Crippen molar-refractivity contribution in [2.75, 3.05) is 5.73 Å². The van der Waals surface area contributed by atoms with Crippen LogP contribution in [0.25, 0.3) is 34.3 Å². The van der Waals surface area contributed by atoms with E-state index in [2.05, 4.69) is 24.9 Å². The minimum Gasteiger partial charge on any atom is -0.414 e. The number of halogens is 3. The zero-order valence-corrected chi connectivity index (χ0v) is 24.9. The second kappa shape index (κ2) is 11.5. The van der Waals surface area contributed by atoms with Crippen LogP contribution in [-0.2, 0) is 20.8 Å². The van der Waals surface area contributed by atoms with Gasteiger partial charge in [-0.15, -0.1) is 10.2 Å². The van der Waals surface area contributed by atoms with Crippen LogP contribution in [0.3, 0.4) is 0 Å². The Morgan fingerprint density at radius 1 is 0.929 bits per heavy atom. The first-order chi connectivity index (χ1) is 19.5. The van der Waals surface area contributed by atoms with Gasteiger partial charge in [0.2, 0.25) is 5.89 Å². The molecular formula is C27H29F3N6O4S2. The van der Waals surface area contributed by atoms with E-state index in [1.165, 1.54) is 42.6 Å². The highest BCUT2D eigenvalue weighted by atomic mass is 32.2. The van der Waals surface area contributed by atoms with Crippen LogP contribution in [0.1, 0.15) is 46.2 Å². The maximum Gasteiger partial charge on any atom is 0.408 e. The molecule has 0 fully saturated rings. The first-order valence-corrected chi connectivity index (χ1v) is 15.3. The van der Waals surface area contributed by atoms with Crippen molar-refractivity contribution < 1.29 is 30.2 Å². The molecule has 10 nitrogen and oxygen atoms in total. The number of aromatic nitrogens is 4. The summed E-state index contributed by atoms with van der Waals surface area (Å²) >= 11 is 0. The third-order valence-electron chi connectivity index (χ3n) is 6.13. The number of alkyl halides is 3. The highest BCUT2D eigenvalue weighted by Gasteiger charge is 2.43. The number of hydrogen-bond acceptors (Lipinski definition) is 9. The Bertz CT molecular complexity index is 1700. The standard InChI is InChI=1S/C27H29F3N6O4S2/c1-15(2)42(38,39)19-12-10-16(11-13-19)20-14-32-23(31)21(33-20)25-35-34-24(40-25)18-8-6-17(7-9-18)22(27(28,29)30)36-41(37)26(3,4)5/h6-15,22,36H,1-5H3,(H2,31,32). The fraction of sp³-hybridized carbons (Fsp3) is 0.333. The van der Waals surface area contributed by atoms with E-state index in [0.717, 1.165) is 0 Å². The van der Waals surface area contributed by atoms with Crippen molar-refractivity contribution in [2.45, 2.75) is 61.7 Å². The Balaban J connectivity index is 1.60. The normalized spacial score (nSPS) is 14.2. The lowest BCUT2D eigenvalue weighted by atomic mass is 10.1. The molecule has 224 valence electrons. The number of benzene rings is 2. The molecule has 0 aliphatic carbocycles. The van der Waals surface area contributed by atoms with E-state index < -0.39 is 43.0 Å². The highest BCUT2D eigenvalue weighted by molar-refractivity contribution is 7.92. The quantitative estimate of drug-likeness (QED) is 0.267. The number of nitrogens with two attached hydrogens (primary N) is 1. The highest BCUT2D eigenvalue weighted by Crippen LogP contribution is 2.35. The van der Waals surface area contributed by atoms with Gasteiger partial charge >= 0.3 is 6.18 Å². The van der Waals surface area contributed by atoms with Crippen molar-refractivity contribution >= 4 is 26.6 Å². The van der Waals surface area contributed by atoms with Gasteiger partial charge in [-0.25, -0.2) is 27.3 Å². The summed E-state index contributed by atoms with van der Waals surface area (Å²) in [5.74, 6) is -0.0780. The Hall–Kier alpha value is -3.69. The number of nitrogen functional groups attached to an aromatic ring is 1. The number of rotatable bonds is 8. The lowest BCUT2D eigenvalue weighted by Crippen LogP contribution is -2.41. The van der Waals surface area contributed by atoms with Gasteiger partial charge in [-0.3, -0.25) is 0 Å². The summed E-state index contributed by atoms with van der Waals surface area (Å²) in [5, 5.41) is 7.38. The fourth-order valence-electron chi connectivity index (χ4n) is 3.64. The molecule has 2 heterocycles. The Labute approximate surface area is 243 Å². The van der Waals surface area contributed by atoms with Crippen molar-refractivity contribution in [3.8, 4) is 34.3 Å². The van der Waals surface area contributed by atoms with Crippen molar-refractivity contribution in [1.82, 2.24) is 24.9 Å². The number of anilines is 1. The maximum atomic E-state index is 13.8. The van der Waals surface area contributed by atoms with Crippen LogP contribution in [0.4, 0.5) is 19.0 Å². The Morgan fingerprint density at radius 2 is 1.50 bits per heavy atom. The average molecular weight is 623 g/mol. The van der Waals surface area contributed by atoms with Crippen molar-refractivity contribution in [3.63, 3.8) is 0 Å². The second-order valence-corrected chi connectivity index (χ2v) is 15.1. The van der Waals surface area contributed by atoms with Gasteiger partial charge in [0.1, 0.15) is 6.04 Å². The maximum absolute atomic E-state index is 13.8. The molecule has 0 radical (unpaired) electrons. The molecule has 4 rings (SSSR count). The fourth-order valence-corrected chi connectivity index (χ4v) is 5.54. The van der Waals surface area contributed by atoms with Gasteiger partial charge in [-0.1, -0.05) is 24.3 Å². The van der Waals surface area contributed by atoms with Crippen LogP contribution in [0.15, 0.2) is 64.0 Å². The van der Waals surface area contributed by atoms with Gasteiger partial charge in [-0.05, 0) is 64.4 Å². The van der Waals surface area contributed by atoms with E-state index in [-0.39, 0.29) is 33.8 Å².